The number of amides is 1. The highest BCUT2D eigenvalue weighted by molar-refractivity contribution is 6.01. The predicted molar refractivity (Wildman–Crippen MR) is 82.3 cm³/mol. The number of nitrogens with zero attached hydrogens (tertiary/aromatic N) is 2. The maximum Gasteiger partial charge on any atom is 0.271 e. The van der Waals surface area contributed by atoms with Gasteiger partial charge in [0.25, 0.3) is 5.91 Å². The smallest absolute Gasteiger partial charge is 0.271 e. The van der Waals surface area contributed by atoms with Crippen molar-refractivity contribution >= 4 is 23.0 Å². The van der Waals surface area contributed by atoms with Crippen LogP contribution in [-0.2, 0) is 0 Å². The molecule has 104 valence electrons. The molecule has 0 aliphatic rings. The Morgan fingerprint density at radius 2 is 2.00 bits per heavy atom. The number of aryl methyl sites for hydroxylation is 1. The molecule has 0 saturated carbocycles. The van der Waals surface area contributed by atoms with Crippen LogP contribution in [0, 0.1) is 6.92 Å². The second-order valence-corrected chi connectivity index (χ2v) is 4.64. The van der Waals surface area contributed by atoms with Crippen molar-refractivity contribution in [2.75, 3.05) is 0 Å². The molecule has 2 heterocycles. The Morgan fingerprint density at radius 1 is 1.24 bits per heavy atom. The van der Waals surface area contributed by atoms with E-state index in [1.54, 1.807) is 30.7 Å². The lowest BCUT2D eigenvalue weighted by Crippen LogP contribution is -2.17. The minimum atomic E-state index is -0.258. The molecule has 0 fully saturated rings. The molecule has 3 rings (SSSR count). The van der Waals surface area contributed by atoms with E-state index in [0.29, 0.717) is 5.56 Å². The summed E-state index contributed by atoms with van der Waals surface area (Å²) in [6, 6.07) is 11.3. The third-order valence-corrected chi connectivity index (χ3v) is 3.25. The molecule has 5 nitrogen and oxygen atoms in total. The van der Waals surface area contributed by atoms with Gasteiger partial charge in [0.2, 0.25) is 0 Å². The summed E-state index contributed by atoms with van der Waals surface area (Å²) in [5.74, 6) is -0.258. The van der Waals surface area contributed by atoms with Crippen molar-refractivity contribution in [2.24, 2.45) is 5.10 Å². The first-order valence-corrected chi connectivity index (χ1v) is 6.56. The Bertz CT molecular complexity index is 806. The van der Waals surface area contributed by atoms with E-state index >= 15 is 0 Å². The lowest BCUT2D eigenvalue weighted by molar-refractivity contribution is 0.0955. The van der Waals surface area contributed by atoms with Gasteiger partial charge in [0.15, 0.2) is 0 Å². The zero-order chi connectivity index (χ0) is 14.7. The van der Waals surface area contributed by atoms with E-state index in [0.717, 1.165) is 22.2 Å². The first-order valence-electron chi connectivity index (χ1n) is 6.56. The molecule has 0 bridgehead atoms. The van der Waals surface area contributed by atoms with E-state index in [-0.39, 0.29) is 5.91 Å². The first kappa shape index (κ1) is 13.1. The molecule has 0 atom stereocenters. The summed E-state index contributed by atoms with van der Waals surface area (Å²) in [6.07, 6.45) is 4.80. The van der Waals surface area contributed by atoms with E-state index in [2.05, 4.69) is 20.5 Å². The quantitative estimate of drug-likeness (QED) is 0.571. The average molecular weight is 278 g/mol. The zero-order valence-electron chi connectivity index (χ0n) is 11.5. The highest BCUT2D eigenvalue weighted by Crippen LogP contribution is 2.19. The van der Waals surface area contributed by atoms with E-state index in [1.165, 1.54) is 0 Å². The fourth-order valence-corrected chi connectivity index (χ4v) is 2.19. The Kier molecular flexibility index (Phi) is 3.47. The number of hydrogen-bond acceptors (Lipinski definition) is 3. The Hall–Kier alpha value is -2.95. The van der Waals surface area contributed by atoms with Gasteiger partial charge in [-0.05, 0) is 25.1 Å². The number of rotatable bonds is 3. The van der Waals surface area contributed by atoms with E-state index < -0.39 is 0 Å². The van der Waals surface area contributed by atoms with Gasteiger partial charge in [0.1, 0.15) is 0 Å². The van der Waals surface area contributed by atoms with Gasteiger partial charge >= 0.3 is 0 Å². The SMILES string of the molecule is Cc1[nH]c2ccccc2c1/C=N\NC(=O)c1ccncc1. The number of benzene rings is 1. The number of pyridine rings is 1. The molecule has 0 unspecified atom stereocenters. The number of hydrogen-bond donors (Lipinski definition) is 2. The first-order chi connectivity index (χ1) is 10.3. The third-order valence-electron chi connectivity index (χ3n) is 3.25. The van der Waals surface area contributed by atoms with Crippen LogP contribution >= 0.6 is 0 Å². The molecule has 5 heteroatoms. The van der Waals surface area contributed by atoms with Gasteiger partial charge in [-0.3, -0.25) is 9.78 Å². The topological polar surface area (TPSA) is 70.1 Å². The molecule has 0 saturated heterocycles. The Morgan fingerprint density at radius 3 is 2.81 bits per heavy atom. The number of carbonyl (C=O) groups is 1. The molecule has 0 spiro atoms. The molecule has 3 aromatic rings. The molecule has 2 aromatic heterocycles. The van der Waals surface area contributed by atoms with Crippen LogP contribution in [0.2, 0.25) is 0 Å². The van der Waals surface area contributed by atoms with Gasteiger partial charge < -0.3 is 4.98 Å². The van der Waals surface area contributed by atoms with Gasteiger partial charge in [0.05, 0.1) is 6.21 Å². The van der Waals surface area contributed by atoms with Crippen LogP contribution in [0.5, 0.6) is 0 Å². The van der Waals surface area contributed by atoms with Gasteiger partial charge in [-0.2, -0.15) is 5.10 Å². The summed E-state index contributed by atoms with van der Waals surface area (Å²) < 4.78 is 0. The van der Waals surface area contributed by atoms with Crippen molar-refractivity contribution in [3.8, 4) is 0 Å². The highest BCUT2D eigenvalue weighted by atomic mass is 16.2. The number of carbonyl (C=O) groups excluding carboxylic acids is 1. The fraction of sp³-hybridized carbons (Fsp3) is 0.0625. The van der Waals surface area contributed by atoms with Gasteiger partial charge in [-0.25, -0.2) is 5.43 Å². The predicted octanol–water partition coefficient (Wildman–Crippen LogP) is 2.64. The summed E-state index contributed by atoms with van der Waals surface area (Å²) in [6.45, 7) is 1.98. The molecular weight excluding hydrogens is 264 g/mol. The zero-order valence-corrected chi connectivity index (χ0v) is 11.5. The minimum Gasteiger partial charge on any atom is -0.358 e. The van der Waals surface area contributed by atoms with Crippen LogP contribution in [0.25, 0.3) is 10.9 Å². The monoisotopic (exact) mass is 278 g/mol. The number of nitrogens with one attached hydrogen (secondary N) is 2. The fourth-order valence-electron chi connectivity index (χ4n) is 2.19. The van der Waals surface area contributed by atoms with Crippen LogP contribution in [0.15, 0.2) is 53.9 Å². The average Bonchev–Trinajstić information content (AvgIpc) is 2.84. The molecule has 1 aromatic carbocycles. The number of aromatic amines is 1. The van der Waals surface area contributed by atoms with Crippen LogP contribution < -0.4 is 5.43 Å². The standard InChI is InChI=1S/C16H14N4O/c1-11-14(13-4-2-3-5-15(13)19-11)10-18-20-16(21)12-6-8-17-9-7-12/h2-10,19H,1H3,(H,20,21)/b18-10-. The van der Waals surface area contributed by atoms with Crippen molar-refractivity contribution in [1.29, 1.82) is 0 Å². The van der Waals surface area contributed by atoms with Crippen molar-refractivity contribution in [1.82, 2.24) is 15.4 Å². The lowest BCUT2D eigenvalue weighted by Gasteiger charge is -1.98. The number of H-pyrrole nitrogens is 1. The third kappa shape index (κ3) is 2.67. The molecule has 1 amide bonds. The van der Waals surface area contributed by atoms with Crippen LogP contribution in [-0.4, -0.2) is 22.1 Å². The van der Waals surface area contributed by atoms with Crippen LogP contribution in [0.4, 0.5) is 0 Å². The normalized spacial score (nSPS) is 11.1. The van der Waals surface area contributed by atoms with E-state index in [9.17, 15) is 4.79 Å². The van der Waals surface area contributed by atoms with Gasteiger partial charge in [-0.15, -0.1) is 0 Å². The maximum absolute atomic E-state index is 11.9. The largest absolute Gasteiger partial charge is 0.358 e. The molecular formula is C16H14N4O. The van der Waals surface area contributed by atoms with Crippen molar-refractivity contribution < 1.29 is 4.79 Å². The van der Waals surface area contributed by atoms with Gasteiger partial charge in [-0.1, -0.05) is 18.2 Å². The number of aromatic nitrogens is 2. The molecule has 0 aliphatic heterocycles. The molecule has 21 heavy (non-hydrogen) atoms. The van der Waals surface area contributed by atoms with Crippen LogP contribution in [0.1, 0.15) is 21.6 Å². The maximum atomic E-state index is 11.9. The lowest BCUT2D eigenvalue weighted by atomic mass is 10.1. The Labute approximate surface area is 121 Å². The molecule has 2 N–H and O–H groups in total. The number of fused-ring (bicyclic) bond motifs is 1. The highest BCUT2D eigenvalue weighted by Gasteiger charge is 2.06. The number of para-hydroxylation sites is 1. The summed E-state index contributed by atoms with van der Waals surface area (Å²) in [5, 5.41) is 5.12. The summed E-state index contributed by atoms with van der Waals surface area (Å²) >= 11 is 0. The second-order valence-electron chi connectivity index (χ2n) is 4.64. The number of hydrazone groups is 1. The minimum absolute atomic E-state index is 0.258. The van der Waals surface area contributed by atoms with Crippen LogP contribution in [0.3, 0.4) is 0 Å². The summed E-state index contributed by atoms with van der Waals surface area (Å²) in [5.41, 5.74) is 6.08. The van der Waals surface area contributed by atoms with Gasteiger partial charge in [0, 0.05) is 40.1 Å². The van der Waals surface area contributed by atoms with E-state index in [4.69, 9.17) is 0 Å². The van der Waals surface area contributed by atoms with Crippen molar-refractivity contribution in [3.63, 3.8) is 0 Å². The summed E-state index contributed by atoms with van der Waals surface area (Å²) in [7, 11) is 0. The van der Waals surface area contributed by atoms with Crippen molar-refractivity contribution in [3.05, 3.63) is 65.6 Å². The molecule has 0 aliphatic carbocycles. The Balaban J connectivity index is 1.79. The second kappa shape index (κ2) is 5.58. The summed E-state index contributed by atoms with van der Waals surface area (Å²) in [4.78, 5) is 19.0. The van der Waals surface area contributed by atoms with Crippen molar-refractivity contribution in [2.45, 2.75) is 6.92 Å². The van der Waals surface area contributed by atoms with E-state index in [1.807, 2.05) is 31.2 Å². The molecule has 0 radical (unpaired) electrons.